The molecule has 2 N–H and O–H groups in total. The van der Waals surface area contributed by atoms with Crippen LogP contribution in [0.1, 0.15) is 23.2 Å². The maximum atomic E-state index is 12.4. The van der Waals surface area contributed by atoms with Gasteiger partial charge in [-0.2, -0.15) is 13.2 Å². The highest BCUT2D eigenvalue weighted by atomic mass is 35.5. The predicted molar refractivity (Wildman–Crippen MR) is 85.7 cm³/mol. The van der Waals surface area contributed by atoms with Crippen LogP contribution in [0.4, 0.5) is 13.2 Å². The van der Waals surface area contributed by atoms with Crippen molar-refractivity contribution in [2.75, 3.05) is 13.1 Å². The number of hydrogen-bond donors (Lipinski definition) is 1. The molecule has 128 valence electrons. The summed E-state index contributed by atoms with van der Waals surface area (Å²) in [7, 11) is 0. The molecule has 1 heterocycles. The van der Waals surface area contributed by atoms with E-state index in [2.05, 4.69) is 0 Å². The van der Waals surface area contributed by atoms with E-state index >= 15 is 0 Å². The second-order valence-corrected chi connectivity index (χ2v) is 7.09. The summed E-state index contributed by atoms with van der Waals surface area (Å²) in [5.41, 5.74) is 2.17. The van der Waals surface area contributed by atoms with Gasteiger partial charge in [-0.05, 0) is 60.7 Å². The zero-order valence-electron chi connectivity index (χ0n) is 12.3. The average molecular weight is 367 g/mol. The molecule has 1 saturated heterocycles. The number of amides is 1. The third-order valence-electron chi connectivity index (χ3n) is 4.53. The smallest absolute Gasteiger partial charge is 0.338 e. The molecule has 3 rings (SSSR count). The molecule has 8 heteroatoms. The zero-order valence-corrected chi connectivity index (χ0v) is 13.9. The quantitative estimate of drug-likeness (QED) is 0.814. The minimum atomic E-state index is -4.31. The largest absolute Gasteiger partial charge is 0.446 e. The topological polar surface area (TPSA) is 46.3 Å². The molecule has 3 unspecified atom stereocenters. The number of carbonyl (C=O) groups is 1. The number of hydrogen-bond acceptors (Lipinski definition) is 3. The molecular weight excluding hydrogens is 349 g/mol. The second-order valence-electron chi connectivity index (χ2n) is 5.95. The molecule has 1 aromatic rings. The van der Waals surface area contributed by atoms with Crippen molar-refractivity contribution in [2.24, 2.45) is 17.6 Å². The second kappa shape index (κ2) is 6.91. The van der Waals surface area contributed by atoms with E-state index in [4.69, 9.17) is 5.73 Å². The minimum Gasteiger partial charge on any atom is -0.338 e. The van der Waals surface area contributed by atoms with Crippen molar-refractivity contribution in [2.45, 2.75) is 29.3 Å². The molecule has 1 saturated carbocycles. The van der Waals surface area contributed by atoms with Crippen LogP contribution in [-0.4, -0.2) is 35.4 Å². The summed E-state index contributed by atoms with van der Waals surface area (Å²) >= 11 is -0.174. The monoisotopic (exact) mass is 366 g/mol. The molecule has 0 bridgehead atoms. The molecule has 1 aromatic carbocycles. The molecule has 1 amide bonds. The molecule has 23 heavy (non-hydrogen) atoms. The van der Waals surface area contributed by atoms with E-state index in [1.165, 1.54) is 24.3 Å². The summed E-state index contributed by atoms with van der Waals surface area (Å²) < 4.78 is 36.9. The molecule has 2 fully saturated rings. The zero-order chi connectivity index (χ0) is 15.9. The maximum Gasteiger partial charge on any atom is 0.446 e. The van der Waals surface area contributed by atoms with Crippen LogP contribution in [0.3, 0.4) is 0 Å². The van der Waals surface area contributed by atoms with Crippen molar-refractivity contribution in [3.05, 3.63) is 29.8 Å². The molecule has 3 atom stereocenters. The van der Waals surface area contributed by atoms with E-state index < -0.39 is 5.51 Å². The number of fused-ring (bicyclic) bond motifs is 1. The molecular formula is C15H18ClF3N2OS. The Hall–Kier alpha value is -0.920. The number of nitrogens with zero attached hydrogens (tertiary/aromatic N) is 1. The lowest BCUT2D eigenvalue weighted by atomic mass is 9.98. The Balaban J connectivity index is 0.00000192. The van der Waals surface area contributed by atoms with Gasteiger partial charge in [0.05, 0.1) is 0 Å². The Bertz CT molecular complexity index is 567. The first-order valence-electron chi connectivity index (χ1n) is 7.24. The van der Waals surface area contributed by atoms with E-state index in [0.29, 0.717) is 30.5 Å². The fourth-order valence-corrected chi connectivity index (χ4v) is 3.99. The Morgan fingerprint density at radius 2 is 1.83 bits per heavy atom. The first kappa shape index (κ1) is 18.4. The van der Waals surface area contributed by atoms with Crippen LogP contribution < -0.4 is 5.73 Å². The molecule has 2 aliphatic rings. The van der Waals surface area contributed by atoms with Gasteiger partial charge in [-0.15, -0.1) is 12.4 Å². The Morgan fingerprint density at radius 3 is 2.39 bits per heavy atom. The van der Waals surface area contributed by atoms with Crippen LogP contribution in [0.2, 0.25) is 0 Å². The summed E-state index contributed by atoms with van der Waals surface area (Å²) in [4.78, 5) is 14.3. The standard InChI is InChI=1S/C15H17F3N2OS.ClH/c16-15(17,18)22-11-4-1-9(2-5-11)14(21)20-7-10-3-6-13(19)12(10)8-20;/h1-2,4-5,10,12-13H,3,6-8,19H2;1H. The predicted octanol–water partition coefficient (Wildman–Crippen LogP) is 3.53. The lowest BCUT2D eigenvalue weighted by Crippen LogP contribution is -2.33. The summed E-state index contributed by atoms with van der Waals surface area (Å²) in [5.74, 6) is 0.716. The van der Waals surface area contributed by atoms with Gasteiger partial charge in [-0.25, -0.2) is 0 Å². The Labute approximate surface area is 143 Å². The van der Waals surface area contributed by atoms with Gasteiger partial charge in [-0.3, -0.25) is 4.79 Å². The molecule has 1 aliphatic heterocycles. The maximum absolute atomic E-state index is 12.4. The van der Waals surface area contributed by atoms with E-state index in [-0.39, 0.29) is 41.0 Å². The first-order valence-corrected chi connectivity index (χ1v) is 8.06. The van der Waals surface area contributed by atoms with E-state index in [0.717, 1.165) is 12.8 Å². The van der Waals surface area contributed by atoms with Crippen molar-refractivity contribution >= 4 is 30.1 Å². The van der Waals surface area contributed by atoms with E-state index in [9.17, 15) is 18.0 Å². The van der Waals surface area contributed by atoms with Crippen LogP contribution in [0.15, 0.2) is 29.2 Å². The number of carbonyl (C=O) groups excluding carboxylic acids is 1. The van der Waals surface area contributed by atoms with Crippen LogP contribution >= 0.6 is 24.2 Å². The summed E-state index contributed by atoms with van der Waals surface area (Å²) in [6.07, 6.45) is 2.07. The van der Waals surface area contributed by atoms with E-state index in [1.54, 1.807) is 4.90 Å². The van der Waals surface area contributed by atoms with Gasteiger partial charge >= 0.3 is 5.51 Å². The summed E-state index contributed by atoms with van der Waals surface area (Å²) in [6, 6.07) is 5.77. The molecule has 0 aromatic heterocycles. The van der Waals surface area contributed by atoms with E-state index in [1.807, 2.05) is 0 Å². The number of nitrogens with two attached hydrogens (primary N) is 1. The highest BCUT2D eigenvalue weighted by molar-refractivity contribution is 8.00. The van der Waals surface area contributed by atoms with Crippen molar-refractivity contribution in [1.82, 2.24) is 4.90 Å². The van der Waals surface area contributed by atoms with Gasteiger partial charge in [0.15, 0.2) is 0 Å². The minimum absolute atomic E-state index is 0. The Kier molecular flexibility index (Phi) is 5.53. The van der Waals surface area contributed by atoms with Crippen LogP contribution in [-0.2, 0) is 0 Å². The fraction of sp³-hybridized carbons (Fsp3) is 0.533. The van der Waals surface area contributed by atoms with Gasteiger partial charge in [0, 0.05) is 29.6 Å². The van der Waals surface area contributed by atoms with Crippen molar-refractivity contribution in [3.8, 4) is 0 Å². The van der Waals surface area contributed by atoms with Crippen LogP contribution in [0.5, 0.6) is 0 Å². The average Bonchev–Trinajstić information content (AvgIpc) is 3.00. The number of alkyl halides is 3. The van der Waals surface area contributed by atoms with Gasteiger partial charge in [0.1, 0.15) is 0 Å². The van der Waals surface area contributed by atoms with Gasteiger partial charge in [0.25, 0.3) is 5.91 Å². The van der Waals surface area contributed by atoms with Crippen molar-refractivity contribution in [1.29, 1.82) is 0 Å². The molecule has 0 spiro atoms. The fourth-order valence-electron chi connectivity index (χ4n) is 3.46. The van der Waals surface area contributed by atoms with Crippen LogP contribution in [0.25, 0.3) is 0 Å². The molecule has 0 radical (unpaired) electrons. The van der Waals surface area contributed by atoms with Gasteiger partial charge in [-0.1, -0.05) is 0 Å². The Morgan fingerprint density at radius 1 is 1.17 bits per heavy atom. The van der Waals surface area contributed by atoms with Crippen LogP contribution in [0, 0.1) is 11.8 Å². The summed E-state index contributed by atoms with van der Waals surface area (Å²) in [6.45, 7) is 1.36. The van der Waals surface area contributed by atoms with Gasteiger partial charge < -0.3 is 10.6 Å². The molecule has 3 nitrogen and oxygen atoms in total. The normalized spacial score (nSPS) is 26.8. The number of likely N-dealkylation sites (tertiary alicyclic amines) is 1. The van der Waals surface area contributed by atoms with Crippen molar-refractivity contribution in [3.63, 3.8) is 0 Å². The first-order chi connectivity index (χ1) is 10.3. The highest BCUT2D eigenvalue weighted by Crippen LogP contribution is 2.38. The summed E-state index contributed by atoms with van der Waals surface area (Å²) in [5, 5.41) is 0. The van der Waals surface area contributed by atoms with Gasteiger partial charge in [0.2, 0.25) is 0 Å². The lowest BCUT2D eigenvalue weighted by molar-refractivity contribution is -0.0328. The number of halogens is 4. The third kappa shape index (κ3) is 4.14. The molecule has 1 aliphatic carbocycles. The SMILES string of the molecule is Cl.NC1CCC2CN(C(=O)c3ccc(SC(F)(F)F)cc3)CC12. The highest BCUT2D eigenvalue weighted by Gasteiger charge is 2.42. The number of thioether (sulfide) groups is 1. The lowest BCUT2D eigenvalue weighted by Gasteiger charge is -2.19. The third-order valence-corrected chi connectivity index (χ3v) is 5.27. The van der Waals surface area contributed by atoms with Crippen molar-refractivity contribution < 1.29 is 18.0 Å². The number of benzene rings is 1. The number of rotatable bonds is 2.